The number of urea groups is 1. The number of aryl methyl sites for hydroxylation is 1. The largest absolute Gasteiger partial charge is 0.338 e. The molecule has 2 amide bonds. The molecule has 0 aliphatic carbocycles. The zero-order valence-electron chi connectivity index (χ0n) is 12.4. The summed E-state index contributed by atoms with van der Waals surface area (Å²) in [6.07, 6.45) is 3.79. The van der Waals surface area contributed by atoms with Crippen molar-refractivity contribution in [3.63, 3.8) is 0 Å². The molecule has 0 aromatic carbocycles. The number of amides is 2. The van der Waals surface area contributed by atoms with Gasteiger partial charge in [-0.2, -0.15) is 0 Å². The first-order valence-corrected chi connectivity index (χ1v) is 8.23. The van der Waals surface area contributed by atoms with Crippen molar-refractivity contribution in [2.75, 3.05) is 39.3 Å². The summed E-state index contributed by atoms with van der Waals surface area (Å²) in [5.74, 6) is 0. The lowest BCUT2D eigenvalue weighted by Gasteiger charge is -2.33. The van der Waals surface area contributed by atoms with Gasteiger partial charge in [-0.25, -0.2) is 9.78 Å². The highest BCUT2D eigenvalue weighted by Crippen LogP contribution is 2.13. The maximum absolute atomic E-state index is 12.0. The molecular formula is C14H24N4OS. The van der Waals surface area contributed by atoms with Gasteiger partial charge in [0.25, 0.3) is 0 Å². The van der Waals surface area contributed by atoms with Gasteiger partial charge in [-0.15, -0.1) is 11.3 Å². The topological polar surface area (TPSA) is 48.5 Å². The quantitative estimate of drug-likeness (QED) is 0.898. The number of piperazine rings is 1. The molecule has 1 aromatic heterocycles. The van der Waals surface area contributed by atoms with Gasteiger partial charge in [0.2, 0.25) is 0 Å². The summed E-state index contributed by atoms with van der Waals surface area (Å²) in [5.41, 5.74) is 0. The van der Waals surface area contributed by atoms with Crippen LogP contribution in [-0.2, 0) is 12.8 Å². The zero-order valence-corrected chi connectivity index (χ0v) is 13.2. The Morgan fingerprint density at radius 3 is 2.70 bits per heavy atom. The second kappa shape index (κ2) is 7.59. The summed E-state index contributed by atoms with van der Waals surface area (Å²) in [6.45, 7) is 9.66. The normalized spacial score (nSPS) is 16.4. The van der Waals surface area contributed by atoms with Gasteiger partial charge in [0.05, 0.1) is 5.01 Å². The lowest BCUT2D eigenvalue weighted by Crippen LogP contribution is -2.51. The first kappa shape index (κ1) is 15.3. The smallest absolute Gasteiger partial charge is 0.317 e. The Labute approximate surface area is 125 Å². The minimum atomic E-state index is 0.0630. The lowest BCUT2D eigenvalue weighted by atomic mass is 10.3. The standard InChI is InChI=1S/C14H24N4OS/c1-3-12-11-16-13(20-12)5-6-15-14(19)18-9-7-17(4-2)8-10-18/h11H,3-10H2,1-2H3,(H,15,19). The van der Waals surface area contributed by atoms with Crippen molar-refractivity contribution in [3.05, 3.63) is 16.1 Å². The maximum atomic E-state index is 12.0. The van der Waals surface area contributed by atoms with Crippen molar-refractivity contribution in [2.24, 2.45) is 0 Å². The van der Waals surface area contributed by atoms with Crippen LogP contribution in [0.25, 0.3) is 0 Å². The fraction of sp³-hybridized carbons (Fsp3) is 0.714. The van der Waals surface area contributed by atoms with E-state index in [1.54, 1.807) is 11.3 Å². The van der Waals surface area contributed by atoms with Crippen LogP contribution in [0.4, 0.5) is 4.79 Å². The highest BCUT2D eigenvalue weighted by Gasteiger charge is 2.19. The van der Waals surface area contributed by atoms with Crippen LogP contribution in [0, 0.1) is 0 Å². The van der Waals surface area contributed by atoms with E-state index < -0.39 is 0 Å². The summed E-state index contributed by atoms with van der Waals surface area (Å²) in [4.78, 5) is 22.0. The van der Waals surface area contributed by atoms with Crippen LogP contribution in [0.5, 0.6) is 0 Å². The molecule has 0 unspecified atom stereocenters. The molecular weight excluding hydrogens is 272 g/mol. The Bertz CT molecular complexity index is 427. The number of thiazole rings is 1. The summed E-state index contributed by atoms with van der Waals surface area (Å²) in [5, 5.41) is 4.11. The molecule has 0 saturated carbocycles. The van der Waals surface area contributed by atoms with Crippen molar-refractivity contribution in [1.29, 1.82) is 0 Å². The minimum absolute atomic E-state index is 0.0630. The Hall–Kier alpha value is -1.14. The van der Waals surface area contributed by atoms with Crippen LogP contribution in [0.3, 0.4) is 0 Å². The van der Waals surface area contributed by atoms with Crippen molar-refractivity contribution < 1.29 is 4.79 Å². The molecule has 6 heteroatoms. The highest BCUT2D eigenvalue weighted by molar-refractivity contribution is 7.11. The molecule has 1 N–H and O–H groups in total. The Balaban J connectivity index is 1.67. The minimum Gasteiger partial charge on any atom is -0.338 e. The average molecular weight is 296 g/mol. The molecule has 1 aliphatic rings. The SMILES string of the molecule is CCc1cnc(CCNC(=O)N2CCN(CC)CC2)s1. The number of nitrogens with zero attached hydrogens (tertiary/aromatic N) is 3. The Morgan fingerprint density at radius 2 is 2.10 bits per heavy atom. The van der Waals surface area contributed by atoms with Gasteiger partial charge in [0.15, 0.2) is 0 Å². The summed E-state index contributed by atoms with van der Waals surface area (Å²) in [7, 11) is 0. The number of carbonyl (C=O) groups excluding carboxylic acids is 1. The third-order valence-electron chi connectivity index (χ3n) is 3.67. The first-order chi connectivity index (χ1) is 9.72. The Morgan fingerprint density at radius 1 is 1.35 bits per heavy atom. The fourth-order valence-electron chi connectivity index (χ4n) is 2.28. The van der Waals surface area contributed by atoms with Crippen molar-refractivity contribution >= 4 is 17.4 Å². The van der Waals surface area contributed by atoms with E-state index in [0.717, 1.165) is 50.6 Å². The molecule has 2 heterocycles. The summed E-state index contributed by atoms with van der Waals surface area (Å²) < 4.78 is 0. The molecule has 0 atom stereocenters. The van der Waals surface area contributed by atoms with Crippen LogP contribution in [0.2, 0.25) is 0 Å². The fourth-order valence-corrected chi connectivity index (χ4v) is 3.14. The number of likely N-dealkylation sites (N-methyl/N-ethyl adjacent to an activating group) is 1. The molecule has 0 bridgehead atoms. The number of hydrogen-bond donors (Lipinski definition) is 1. The third-order valence-corrected chi connectivity index (χ3v) is 4.87. The van der Waals surface area contributed by atoms with Crippen molar-refractivity contribution in [1.82, 2.24) is 20.1 Å². The molecule has 0 spiro atoms. The van der Waals surface area contributed by atoms with Gasteiger partial charge in [0, 0.05) is 50.2 Å². The average Bonchev–Trinajstić information content (AvgIpc) is 2.95. The second-order valence-corrected chi connectivity index (χ2v) is 6.18. The molecule has 1 saturated heterocycles. The van der Waals surface area contributed by atoms with Crippen molar-refractivity contribution in [3.8, 4) is 0 Å². The van der Waals surface area contributed by atoms with E-state index in [-0.39, 0.29) is 6.03 Å². The predicted molar refractivity (Wildman–Crippen MR) is 82.3 cm³/mol. The lowest BCUT2D eigenvalue weighted by molar-refractivity contribution is 0.143. The predicted octanol–water partition coefficient (Wildman–Crippen LogP) is 1.60. The molecule has 5 nitrogen and oxygen atoms in total. The molecule has 0 radical (unpaired) electrons. The number of nitrogens with one attached hydrogen (secondary N) is 1. The number of aromatic nitrogens is 1. The van der Waals surface area contributed by atoms with Gasteiger partial charge in [-0.1, -0.05) is 13.8 Å². The van der Waals surface area contributed by atoms with Crippen LogP contribution in [-0.4, -0.2) is 60.1 Å². The van der Waals surface area contributed by atoms with Crippen molar-refractivity contribution in [2.45, 2.75) is 26.7 Å². The molecule has 1 fully saturated rings. The van der Waals surface area contributed by atoms with E-state index in [9.17, 15) is 4.79 Å². The van der Waals surface area contributed by atoms with Gasteiger partial charge in [-0.3, -0.25) is 0 Å². The third kappa shape index (κ3) is 4.18. The summed E-state index contributed by atoms with van der Waals surface area (Å²) >= 11 is 1.74. The second-order valence-electron chi connectivity index (χ2n) is 4.98. The van der Waals surface area contributed by atoms with Crippen LogP contribution >= 0.6 is 11.3 Å². The molecule has 1 aliphatic heterocycles. The van der Waals surface area contributed by atoms with Gasteiger partial charge >= 0.3 is 6.03 Å². The van der Waals surface area contributed by atoms with E-state index in [4.69, 9.17) is 0 Å². The first-order valence-electron chi connectivity index (χ1n) is 7.41. The van der Waals surface area contributed by atoms with Crippen LogP contribution in [0.1, 0.15) is 23.7 Å². The van der Waals surface area contributed by atoms with E-state index >= 15 is 0 Å². The van der Waals surface area contributed by atoms with Gasteiger partial charge < -0.3 is 15.1 Å². The maximum Gasteiger partial charge on any atom is 0.317 e. The number of hydrogen-bond acceptors (Lipinski definition) is 4. The molecule has 20 heavy (non-hydrogen) atoms. The number of carbonyl (C=O) groups is 1. The van der Waals surface area contributed by atoms with E-state index in [0.29, 0.717) is 6.54 Å². The Kier molecular flexibility index (Phi) is 5.79. The van der Waals surface area contributed by atoms with Gasteiger partial charge in [-0.05, 0) is 13.0 Å². The van der Waals surface area contributed by atoms with E-state index in [1.165, 1.54) is 4.88 Å². The summed E-state index contributed by atoms with van der Waals surface area (Å²) in [6, 6.07) is 0.0630. The zero-order chi connectivity index (χ0) is 14.4. The van der Waals surface area contributed by atoms with Crippen LogP contribution in [0.15, 0.2) is 6.20 Å². The highest BCUT2D eigenvalue weighted by atomic mass is 32.1. The van der Waals surface area contributed by atoms with Gasteiger partial charge in [0.1, 0.15) is 0 Å². The number of rotatable bonds is 5. The molecule has 112 valence electrons. The van der Waals surface area contributed by atoms with E-state index in [1.807, 2.05) is 11.1 Å². The monoisotopic (exact) mass is 296 g/mol. The molecule has 2 rings (SSSR count). The van der Waals surface area contributed by atoms with E-state index in [2.05, 4.69) is 29.0 Å². The molecule has 1 aromatic rings. The van der Waals surface area contributed by atoms with Crippen LogP contribution < -0.4 is 5.32 Å².